The van der Waals surface area contributed by atoms with Crippen LogP contribution in [0.15, 0.2) is 18.2 Å². The summed E-state index contributed by atoms with van der Waals surface area (Å²) in [5.74, 6) is -0.137. The van der Waals surface area contributed by atoms with E-state index >= 15 is 0 Å². The van der Waals surface area contributed by atoms with Gasteiger partial charge in [-0.1, -0.05) is 12.1 Å². The average Bonchev–Trinajstić information content (AvgIpc) is 2.41. The summed E-state index contributed by atoms with van der Waals surface area (Å²) >= 11 is 0. The van der Waals surface area contributed by atoms with Crippen LogP contribution in [0.5, 0.6) is 0 Å². The van der Waals surface area contributed by atoms with Gasteiger partial charge in [-0.15, -0.1) is 0 Å². The van der Waals surface area contributed by atoms with Crippen LogP contribution in [0, 0.1) is 12.7 Å². The van der Waals surface area contributed by atoms with Gasteiger partial charge < -0.3 is 11.1 Å². The molecule has 0 saturated heterocycles. The lowest BCUT2D eigenvalue weighted by atomic mass is 10.1. The van der Waals surface area contributed by atoms with Crippen LogP contribution in [0.3, 0.4) is 0 Å². The summed E-state index contributed by atoms with van der Waals surface area (Å²) in [6, 6.07) is 4.62. The molecule has 1 heterocycles. The number of hydrogen-bond acceptors (Lipinski definition) is 5. The number of rotatable bonds is 4. The summed E-state index contributed by atoms with van der Waals surface area (Å²) in [6.07, 6.45) is -1.33. The number of nitrogens with two attached hydrogens (primary N) is 1. The van der Waals surface area contributed by atoms with Crippen molar-refractivity contribution in [2.75, 3.05) is 11.1 Å². The molecular weight excluding hydrogens is 276 g/mol. The Bertz CT molecular complexity index is 645. The third-order valence-electron chi connectivity index (χ3n) is 3.05. The zero-order chi connectivity index (χ0) is 15.6. The Hall–Kier alpha value is -2.31. The third kappa shape index (κ3) is 3.62. The monoisotopic (exact) mass is 293 g/mol. The topological polar surface area (TPSA) is 76.7 Å². The highest BCUT2D eigenvalue weighted by atomic mass is 19.1. The Morgan fingerprint density at radius 2 is 1.90 bits per heavy atom. The minimum atomic E-state index is -1.33. The SMILES string of the molecule is Cc1cc(C(C)Nc2nc(N)nc(C(C)F)n2)ccc1F. The fourth-order valence-corrected chi connectivity index (χ4v) is 1.87. The van der Waals surface area contributed by atoms with Gasteiger partial charge in [0.05, 0.1) is 6.04 Å². The van der Waals surface area contributed by atoms with Gasteiger partial charge in [0.25, 0.3) is 0 Å². The first-order valence-electron chi connectivity index (χ1n) is 6.55. The lowest BCUT2D eigenvalue weighted by molar-refractivity contribution is 0.356. The van der Waals surface area contributed by atoms with Crippen molar-refractivity contribution in [3.63, 3.8) is 0 Å². The van der Waals surface area contributed by atoms with Crippen LogP contribution in [-0.2, 0) is 0 Å². The largest absolute Gasteiger partial charge is 0.368 e. The fourth-order valence-electron chi connectivity index (χ4n) is 1.87. The summed E-state index contributed by atoms with van der Waals surface area (Å²) in [6.45, 7) is 4.88. The lowest BCUT2D eigenvalue weighted by Gasteiger charge is -2.15. The first kappa shape index (κ1) is 15.1. The molecule has 2 aromatic rings. The fraction of sp³-hybridized carbons (Fsp3) is 0.357. The Kier molecular flexibility index (Phi) is 4.30. The van der Waals surface area contributed by atoms with Gasteiger partial charge in [-0.3, -0.25) is 0 Å². The predicted octanol–water partition coefficient (Wildman–Crippen LogP) is 3.10. The highest BCUT2D eigenvalue weighted by molar-refractivity contribution is 5.36. The predicted molar refractivity (Wildman–Crippen MR) is 76.9 cm³/mol. The molecule has 0 saturated carbocycles. The summed E-state index contributed by atoms with van der Waals surface area (Å²) in [4.78, 5) is 11.6. The molecule has 3 N–H and O–H groups in total. The van der Waals surface area contributed by atoms with Crippen molar-refractivity contribution in [1.82, 2.24) is 15.0 Å². The minimum Gasteiger partial charge on any atom is -0.368 e. The van der Waals surface area contributed by atoms with E-state index in [4.69, 9.17) is 5.73 Å². The highest BCUT2D eigenvalue weighted by Gasteiger charge is 2.13. The molecule has 2 unspecified atom stereocenters. The molecule has 1 aromatic heterocycles. The first-order chi connectivity index (χ1) is 9.86. The van der Waals surface area contributed by atoms with Gasteiger partial charge >= 0.3 is 0 Å². The Morgan fingerprint density at radius 3 is 2.52 bits per heavy atom. The number of benzene rings is 1. The zero-order valence-electron chi connectivity index (χ0n) is 12.1. The van der Waals surface area contributed by atoms with Crippen molar-refractivity contribution >= 4 is 11.9 Å². The van der Waals surface area contributed by atoms with Crippen LogP contribution >= 0.6 is 0 Å². The Balaban J connectivity index is 2.22. The molecule has 112 valence electrons. The van der Waals surface area contributed by atoms with Gasteiger partial charge in [0.2, 0.25) is 11.9 Å². The van der Waals surface area contributed by atoms with E-state index in [1.54, 1.807) is 19.1 Å². The van der Waals surface area contributed by atoms with Gasteiger partial charge in [0, 0.05) is 0 Å². The molecule has 0 aliphatic heterocycles. The van der Waals surface area contributed by atoms with E-state index in [9.17, 15) is 8.78 Å². The van der Waals surface area contributed by atoms with E-state index < -0.39 is 6.17 Å². The quantitative estimate of drug-likeness (QED) is 0.905. The van der Waals surface area contributed by atoms with Crippen molar-refractivity contribution in [3.8, 4) is 0 Å². The van der Waals surface area contributed by atoms with E-state index in [1.165, 1.54) is 13.0 Å². The van der Waals surface area contributed by atoms with Crippen LogP contribution in [0.25, 0.3) is 0 Å². The van der Waals surface area contributed by atoms with Gasteiger partial charge in [0.15, 0.2) is 12.0 Å². The molecule has 0 radical (unpaired) electrons. The van der Waals surface area contributed by atoms with E-state index in [1.807, 2.05) is 6.92 Å². The number of nitrogen functional groups attached to an aromatic ring is 1. The Morgan fingerprint density at radius 1 is 1.19 bits per heavy atom. The van der Waals surface area contributed by atoms with Crippen LogP contribution < -0.4 is 11.1 Å². The van der Waals surface area contributed by atoms with E-state index in [2.05, 4.69) is 20.3 Å². The molecule has 0 aliphatic rings. The van der Waals surface area contributed by atoms with Crippen molar-refractivity contribution in [1.29, 1.82) is 0 Å². The van der Waals surface area contributed by atoms with Gasteiger partial charge in [-0.05, 0) is 38.0 Å². The minimum absolute atomic E-state index is 0.0208. The molecule has 0 amide bonds. The maximum atomic E-state index is 13.3. The van der Waals surface area contributed by atoms with E-state index in [0.29, 0.717) is 5.56 Å². The van der Waals surface area contributed by atoms with Gasteiger partial charge in [-0.25, -0.2) is 8.78 Å². The number of halogens is 2. The normalized spacial score (nSPS) is 13.8. The molecule has 0 aliphatic carbocycles. The second-order valence-corrected chi connectivity index (χ2v) is 4.87. The zero-order valence-corrected chi connectivity index (χ0v) is 12.1. The highest BCUT2D eigenvalue weighted by Crippen LogP contribution is 2.21. The lowest BCUT2D eigenvalue weighted by Crippen LogP contribution is -2.13. The van der Waals surface area contributed by atoms with Crippen molar-refractivity contribution in [2.24, 2.45) is 0 Å². The number of nitrogens with one attached hydrogen (secondary N) is 1. The molecule has 21 heavy (non-hydrogen) atoms. The number of alkyl halides is 1. The number of aromatic nitrogens is 3. The summed E-state index contributed by atoms with van der Waals surface area (Å²) in [7, 11) is 0. The number of nitrogens with zero attached hydrogens (tertiary/aromatic N) is 3. The van der Waals surface area contributed by atoms with Crippen molar-refractivity contribution in [2.45, 2.75) is 33.0 Å². The Labute approximate surface area is 121 Å². The second-order valence-electron chi connectivity index (χ2n) is 4.87. The number of hydrogen-bond donors (Lipinski definition) is 2. The first-order valence-corrected chi connectivity index (χ1v) is 6.55. The number of aryl methyl sites for hydroxylation is 1. The van der Waals surface area contributed by atoms with E-state index in [-0.39, 0.29) is 29.6 Å². The smallest absolute Gasteiger partial charge is 0.228 e. The summed E-state index contributed by atoms with van der Waals surface area (Å²) in [5, 5.41) is 3.01. The molecule has 0 spiro atoms. The summed E-state index contributed by atoms with van der Waals surface area (Å²) in [5.41, 5.74) is 6.95. The van der Waals surface area contributed by atoms with Crippen LogP contribution in [0.2, 0.25) is 0 Å². The molecular formula is C14H17F2N5. The van der Waals surface area contributed by atoms with Crippen LogP contribution in [0.4, 0.5) is 20.7 Å². The molecule has 2 rings (SSSR count). The maximum absolute atomic E-state index is 13.3. The third-order valence-corrected chi connectivity index (χ3v) is 3.05. The molecule has 0 fully saturated rings. The number of anilines is 2. The maximum Gasteiger partial charge on any atom is 0.228 e. The van der Waals surface area contributed by atoms with Gasteiger partial charge in [-0.2, -0.15) is 15.0 Å². The van der Waals surface area contributed by atoms with Crippen LogP contribution in [0.1, 0.15) is 43.0 Å². The molecule has 7 heteroatoms. The van der Waals surface area contributed by atoms with Crippen molar-refractivity contribution < 1.29 is 8.78 Å². The molecule has 2 atom stereocenters. The second kappa shape index (κ2) is 5.99. The van der Waals surface area contributed by atoms with Crippen molar-refractivity contribution in [3.05, 3.63) is 41.0 Å². The van der Waals surface area contributed by atoms with Gasteiger partial charge in [0.1, 0.15) is 5.82 Å². The summed E-state index contributed by atoms with van der Waals surface area (Å²) < 4.78 is 26.5. The molecule has 0 bridgehead atoms. The van der Waals surface area contributed by atoms with Crippen LogP contribution in [-0.4, -0.2) is 15.0 Å². The van der Waals surface area contributed by atoms with E-state index in [0.717, 1.165) is 5.56 Å². The molecule has 1 aromatic carbocycles. The molecule has 5 nitrogen and oxygen atoms in total. The standard InChI is InChI=1S/C14H17F2N5/c1-7-6-10(4-5-11(7)16)9(3)18-14-20-12(8(2)15)19-13(17)21-14/h4-6,8-9H,1-3H3,(H3,17,18,19,20,21). The average molecular weight is 293 g/mol.